The third-order valence-electron chi connectivity index (χ3n) is 4.80. The van der Waals surface area contributed by atoms with Crippen molar-refractivity contribution in [3.05, 3.63) is 35.7 Å². The summed E-state index contributed by atoms with van der Waals surface area (Å²) < 4.78 is 47.6. The summed E-state index contributed by atoms with van der Waals surface area (Å²) in [5.41, 5.74) is 0.822. The second-order valence-electron chi connectivity index (χ2n) is 6.40. The summed E-state index contributed by atoms with van der Waals surface area (Å²) >= 11 is 0. The number of carbonyl (C=O) groups is 1. The van der Waals surface area contributed by atoms with Crippen molar-refractivity contribution in [2.75, 3.05) is 13.2 Å². The molecule has 1 saturated carbocycles. The molecule has 0 spiro atoms. The molecule has 0 bridgehead atoms. The maximum Gasteiger partial charge on any atom is 0.471 e. The zero-order chi connectivity index (χ0) is 18.3. The molecule has 26 heavy (non-hydrogen) atoms. The summed E-state index contributed by atoms with van der Waals surface area (Å²) in [5.74, 6) is -1.66. The van der Waals surface area contributed by atoms with Crippen LogP contribution in [0.5, 0.6) is 0 Å². The van der Waals surface area contributed by atoms with Gasteiger partial charge in [-0.3, -0.25) is 4.79 Å². The fourth-order valence-electron chi connectivity index (χ4n) is 3.56. The van der Waals surface area contributed by atoms with Gasteiger partial charge in [-0.1, -0.05) is 17.3 Å². The number of halogens is 3. The highest BCUT2D eigenvalue weighted by Crippen LogP contribution is 2.31. The number of amides is 1. The monoisotopic (exact) mass is 367 g/mol. The van der Waals surface area contributed by atoms with Crippen LogP contribution in [0.1, 0.15) is 35.5 Å². The number of rotatable bonds is 2. The highest BCUT2D eigenvalue weighted by atomic mass is 19.4. The molecule has 0 N–H and O–H groups in total. The van der Waals surface area contributed by atoms with E-state index in [9.17, 15) is 18.0 Å². The van der Waals surface area contributed by atoms with Crippen LogP contribution in [0.15, 0.2) is 28.8 Å². The molecule has 2 atom stereocenters. The van der Waals surface area contributed by atoms with E-state index < -0.39 is 12.1 Å². The number of carbonyl (C=O) groups excluding carboxylic acids is 1. The van der Waals surface area contributed by atoms with Gasteiger partial charge in [0, 0.05) is 17.7 Å². The third kappa shape index (κ3) is 3.07. The van der Waals surface area contributed by atoms with E-state index in [0.717, 1.165) is 19.3 Å². The van der Waals surface area contributed by atoms with Gasteiger partial charge >= 0.3 is 12.1 Å². The molecule has 0 radical (unpaired) electrons. The molecular formula is C17H16F3N3O3. The van der Waals surface area contributed by atoms with E-state index in [-0.39, 0.29) is 23.9 Å². The third-order valence-corrected chi connectivity index (χ3v) is 4.80. The van der Waals surface area contributed by atoms with E-state index in [1.807, 2.05) is 4.90 Å². The molecule has 1 amide bonds. The lowest BCUT2D eigenvalue weighted by Crippen LogP contribution is -2.51. The van der Waals surface area contributed by atoms with Gasteiger partial charge in [0.05, 0.1) is 18.8 Å². The van der Waals surface area contributed by atoms with Crippen molar-refractivity contribution in [2.45, 2.75) is 37.6 Å². The highest BCUT2D eigenvalue weighted by Gasteiger charge is 2.39. The number of hydrogen-bond donors (Lipinski definition) is 0. The molecule has 2 aromatic rings. The van der Waals surface area contributed by atoms with E-state index in [2.05, 4.69) is 14.7 Å². The Kier molecular flexibility index (Phi) is 4.18. The van der Waals surface area contributed by atoms with Crippen molar-refractivity contribution in [2.24, 2.45) is 0 Å². The maximum atomic E-state index is 12.8. The number of nitrogens with zero attached hydrogens (tertiary/aromatic N) is 3. The summed E-state index contributed by atoms with van der Waals surface area (Å²) in [7, 11) is 0. The van der Waals surface area contributed by atoms with Gasteiger partial charge in [0.25, 0.3) is 5.91 Å². The smallest absolute Gasteiger partial charge is 0.374 e. The standard InChI is InChI=1S/C17H16F3N3O3/c18-17(19,20)16-21-14(22-26-16)10-4-6-11(7-5-10)15(24)23-8-9-25-13-3-1-2-12(13)23/h4-7,12-13H,1-3,8-9H2. The van der Waals surface area contributed by atoms with Crippen LogP contribution >= 0.6 is 0 Å². The number of ether oxygens (including phenoxy) is 1. The number of morpholine rings is 1. The predicted octanol–water partition coefficient (Wildman–Crippen LogP) is 3.15. The quantitative estimate of drug-likeness (QED) is 0.816. The zero-order valence-electron chi connectivity index (χ0n) is 13.7. The highest BCUT2D eigenvalue weighted by molar-refractivity contribution is 5.95. The summed E-state index contributed by atoms with van der Waals surface area (Å²) in [5, 5.41) is 3.34. The minimum absolute atomic E-state index is 0.0964. The van der Waals surface area contributed by atoms with Crippen molar-refractivity contribution >= 4 is 5.91 Å². The first-order valence-corrected chi connectivity index (χ1v) is 8.37. The predicted molar refractivity (Wildman–Crippen MR) is 83.2 cm³/mol. The average molecular weight is 367 g/mol. The van der Waals surface area contributed by atoms with E-state index in [1.165, 1.54) is 12.1 Å². The summed E-state index contributed by atoms with van der Waals surface area (Å²) in [6.07, 6.45) is -1.65. The second kappa shape index (κ2) is 6.39. The molecule has 2 unspecified atom stereocenters. The Morgan fingerprint density at radius 1 is 1.19 bits per heavy atom. The molecule has 6 nitrogen and oxygen atoms in total. The number of fused-ring (bicyclic) bond motifs is 1. The topological polar surface area (TPSA) is 68.5 Å². The fourth-order valence-corrected chi connectivity index (χ4v) is 3.56. The lowest BCUT2D eigenvalue weighted by atomic mass is 10.1. The van der Waals surface area contributed by atoms with Crippen LogP contribution in [-0.4, -0.2) is 46.2 Å². The van der Waals surface area contributed by atoms with Gasteiger partial charge in [0.1, 0.15) is 0 Å². The summed E-state index contributed by atoms with van der Waals surface area (Å²) in [6, 6.07) is 6.28. The van der Waals surface area contributed by atoms with Crippen molar-refractivity contribution in [1.29, 1.82) is 0 Å². The number of alkyl halides is 3. The Labute approximate surface area is 146 Å². The Bertz CT molecular complexity index is 804. The summed E-state index contributed by atoms with van der Waals surface area (Å²) in [6.45, 7) is 1.07. The van der Waals surface area contributed by atoms with Gasteiger partial charge in [-0.25, -0.2) is 0 Å². The van der Waals surface area contributed by atoms with E-state index >= 15 is 0 Å². The molecule has 9 heteroatoms. The average Bonchev–Trinajstić information content (AvgIpc) is 3.30. The van der Waals surface area contributed by atoms with Gasteiger partial charge in [-0.15, -0.1) is 0 Å². The van der Waals surface area contributed by atoms with E-state index in [4.69, 9.17) is 4.74 Å². The van der Waals surface area contributed by atoms with Crippen LogP contribution in [0.4, 0.5) is 13.2 Å². The first-order valence-electron chi connectivity index (χ1n) is 8.37. The molecule has 1 saturated heterocycles. The molecule has 1 aliphatic heterocycles. The van der Waals surface area contributed by atoms with Gasteiger partial charge in [0.15, 0.2) is 0 Å². The minimum Gasteiger partial charge on any atom is -0.374 e. The normalized spacial score (nSPS) is 23.1. The van der Waals surface area contributed by atoms with Crippen molar-refractivity contribution < 1.29 is 27.2 Å². The van der Waals surface area contributed by atoms with Crippen LogP contribution in [0.25, 0.3) is 11.4 Å². The van der Waals surface area contributed by atoms with E-state index in [1.54, 1.807) is 12.1 Å². The molecular weight excluding hydrogens is 351 g/mol. The van der Waals surface area contributed by atoms with Crippen LogP contribution in [-0.2, 0) is 10.9 Å². The van der Waals surface area contributed by atoms with Gasteiger partial charge in [-0.2, -0.15) is 18.2 Å². The Hall–Kier alpha value is -2.42. The zero-order valence-corrected chi connectivity index (χ0v) is 13.7. The van der Waals surface area contributed by atoms with Crippen LogP contribution < -0.4 is 0 Å². The maximum absolute atomic E-state index is 12.8. The number of aromatic nitrogens is 2. The minimum atomic E-state index is -4.69. The van der Waals surface area contributed by atoms with Crippen molar-refractivity contribution in [1.82, 2.24) is 15.0 Å². The van der Waals surface area contributed by atoms with Crippen molar-refractivity contribution in [3.63, 3.8) is 0 Å². The fraction of sp³-hybridized carbons (Fsp3) is 0.471. The lowest BCUT2D eigenvalue weighted by molar-refractivity contribution is -0.159. The van der Waals surface area contributed by atoms with Crippen LogP contribution in [0.2, 0.25) is 0 Å². The van der Waals surface area contributed by atoms with E-state index in [0.29, 0.717) is 24.3 Å². The molecule has 2 heterocycles. The molecule has 2 fully saturated rings. The lowest BCUT2D eigenvalue weighted by Gasteiger charge is -2.37. The van der Waals surface area contributed by atoms with Gasteiger partial charge in [-0.05, 0) is 31.4 Å². The molecule has 138 valence electrons. The van der Waals surface area contributed by atoms with Crippen LogP contribution in [0, 0.1) is 0 Å². The SMILES string of the molecule is O=C(c1ccc(-c2noc(C(F)(F)F)n2)cc1)N1CCOC2CCCC21. The van der Waals surface area contributed by atoms with Crippen LogP contribution in [0.3, 0.4) is 0 Å². The second-order valence-corrected chi connectivity index (χ2v) is 6.40. The van der Waals surface area contributed by atoms with Crippen molar-refractivity contribution in [3.8, 4) is 11.4 Å². The Morgan fingerprint density at radius 2 is 1.96 bits per heavy atom. The molecule has 2 aliphatic rings. The largest absolute Gasteiger partial charge is 0.471 e. The first-order chi connectivity index (χ1) is 12.4. The van der Waals surface area contributed by atoms with Gasteiger partial charge in [0.2, 0.25) is 5.82 Å². The molecule has 1 aromatic heterocycles. The summed E-state index contributed by atoms with van der Waals surface area (Å²) in [4.78, 5) is 18.0. The molecule has 4 rings (SSSR count). The van der Waals surface area contributed by atoms with Gasteiger partial charge < -0.3 is 14.2 Å². The Balaban J connectivity index is 1.52. The first kappa shape index (κ1) is 17.0. The number of hydrogen-bond acceptors (Lipinski definition) is 5. The molecule has 1 aliphatic carbocycles. The number of benzene rings is 1. The molecule has 1 aromatic carbocycles. The Morgan fingerprint density at radius 3 is 2.65 bits per heavy atom.